The van der Waals surface area contributed by atoms with E-state index < -0.39 is 40.0 Å². The topological polar surface area (TPSA) is 53.4 Å². The van der Waals surface area contributed by atoms with Crippen molar-refractivity contribution in [2.45, 2.75) is 16.7 Å². The fourth-order valence-electron chi connectivity index (χ4n) is 3.18. The van der Waals surface area contributed by atoms with Crippen LogP contribution in [0.1, 0.15) is 16.1 Å². The van der Waals surface area contributed by atoms with Gasteiger partial charge in [-0.2, -0.15) is 9.78 Å². The van der Waals surface area contributed by atoms with Crippen LogP contribution in [0, 0.1) is 36.0 Å². The van der Waals surface area contributed by atoms with Gasteiger partial charge in [-0.1, -0.05) is 42.1 Å². The first kappa shape index (κ1) is 24.3. The van der Waals surface area contributed by atoms with Crippen molar-refractivity contribution in [3.05, 3.63) is 94.9 Å². The van der Waals surface area contributed by atoms with E-state index in [0.717, 1.165) is 0 Å². The van der Waals surface area contributed by atoms with Crippen LogP contribution in [0.15, 0.2) is 64.4 Å². The van der Waals surface area contributed by atoms with E-state index in [4.69, 9.17) is 9.47 Å². The number of aryl methyl sites for hydroxylation is 1. The molecule has 0 aliphatic rings. The summed E-state index contributed by atoms with van der Waals surface area (Å²) >= 11 is 0.205. The van der Waals surface area contributed by atoms with Gasteiger partial charge in [-0.05, 0) is 31.2 Å². The Bertz CT molecular complexity index is 1400. The SMILES string of the molecule is COc1ccccc1C(=O)Oc1c(Sc2c(F)c(F)c(F)c(F)c2F)c(C)nn1-c1ccccc1. The highest BCUT2D eigenvalue weighted by Gasteiger charge is 2.30. The fourth-order valence-corrected chi connectivity index (χ4v) is 4.14. The molecule has 1 heterocycles. The van der Waals surface area contributed by atoms with E-state index in [1.54, 1.807) is 42.5 Å². The van der Waals surface area contributed by atoms with E-state index in [1.165, 1.54) is 30.8 Å². The molecule has 0 fully saturated rings. The van der Waals surface area contributed by atoms with E-state index in [1.807, 2.05) is 0 Å². The number of carbonyl (C=O) groups is 1. The maximum Gasteiger partial charge on any atom is 0.348 e. The third-order valence-electron chi connectivity index (χ3n) is 4.86. The molecule has 0 saturated heterocycles. The third-order valence-corrected chi connectivity index (χ3v) is 6.09. The Kier molecular flexibility index (Phi) is 6.79. The summed E-state index contributed by atoms with van der Waals surface area (Å²) in [7, 11) is 1.36. The first-order valence-electron chi connectivity index (χ1n) is 9.94. The highest BCUT2D eigenvalue weighted by atomic mass is 32.2. The Morgan fingerprint density at radius 2 is 1.40 bits per heavy atom. The van der Waals surface area contributed by atoms with Crippen molar-refractivity contribution in [2.75, 3.05) is 7.11 Å². The van der Waals surface area contributed by atoms with Crippen molar-refractivity contribution in [1.29, 1.82) is 0 Å². The molecule has 11 heteroatoms. The van der Waals surface area contributed by atoms with Crippen molar-refractivity contribution in [3.8, 4) is 17.3 Å². The van der Waals surface area contributed by atoms with Gasteiger partial charge in [0, 0.05) is 0 Å². The van der Waals surface area contributed by atoms with Crippen LogP contribution >= 0.6 is 11.8 Å². The van der Waals surface area contributed by atoms with Crippen LogP contribution in [0.5, 0.6) is 11.6 Å². The van der Waals surface area contributed by atoms with Gasteiger partial charge in [0.25, 0.3) is 0 Å². The van der Waals surface area contributed by atoms with Gasteiger partial charge in [0.1, 0.15) is 11.3 Å². The molecule has 0 radical (unpaired) electrons. The number of carbonyl (C=O) groups excluding carboxylic acids is 1. The zero-order valence-electron chi connectivity index (χ0n) is 18.1. The minimum atomic E-state index is -2.27. The molecule has 3 aromatic carbocycles. The second-order valence-electron chi connectivity index (χ2n) is 7.06. The average Bonchev–Trinajstić information content (AvgIpc) is 3.19. The largest absolute Gasteiger partial charge is 0.496 e. The van der Waals surface area contributed by atoms with Gasteiger partial charge in [-0.25, -0.2) is 26.7 Å². The van der Waals surface area contributed by atoms with Crippen LogP contribution in [-0.2, 0) is 0 Å². The molecular weight excluding hydrogens is 491 g/mol. The molecule has 4 rings (SSSR count). The maximum atomic E-state index is 14.4. The number of rotatable bonds is 6. The number of ether oxygens (including phenoxy) is 2. The number of benzene rings is 3. The number of para-hydroxylation sites is 2. The molecule has 0 spiro atoms. The molecular formula is C24H15F5N2O3S. The van der Waals surface area contributed by atoms with E-state index in [9.17, 15) is 26.7 Å². The zero-order valence-corrected chi connectivity index (χ0v) is 18.9. The van der Waals surface area contributed by atoms with Gasteiger partial charge in [-0.15, -0.1) is 0 Å². The van der Waals surface area contributed by atoms with Crippen molar-refractivity contribution < 1.29 is 36.2 Å². The van der Waals surface area contributed by atoms with Gasteiger partial charge in [0.15, 0.2) is 23.3 Å². The minimum absolute atomic E-state index is 0.0423. The van der Waals surface area contributed by atoms with Crippen LogP contribution in [0.25, 0.3) is 5.69 Å². The predicted molar refractivity (Wildman–Crippen MR) is 117 cm³/mol. The van der Waals surface area contributed by atoms with Crippen LogP contribution in [0.3, 0.4) is 0 Å². The number of halogens is 5. The van der Waals surface area contributed by atoms with Crippen molar-refractivity contribution in [3.63, 3.8) is 0 Å². The lowest BCUT2D eigenvalue weighted by atomic mass is 10.2. The highest BCUT2D eigenvalue weighted by molar-refractivity contribution is 7.99. The van der Waals surface area contributed by atoms with Gasteiger partial charge in [0.2, 0.25) is 11.7 Å². The summed E-state index contributed by atoms with van der Waals surface area (Å²) < 4.78 is 81.9. The Morgan fingerprint density at radius 3 is 2.03 bits per heavy atom. The molecule has 35 heavy (non-hydrogen) atoms. The normalized spacial score (nSPS) is 10.9. The zero-order chi connectivity index (χ0) is 25.3. The summed E-state index contributed by atoms with van der Waals surface area (Å²) in [6.45, 7) is 1.44. The monoisotopic (exact) mass is 506 g/mol. The van der Waals surface area contributed by atoms with Gasteiger partial charge < -0.3 is 9.47 Å². The molecule has 1 aromatic heterocycles. The Balaban J connectivity index is 1.86. The summed E-state index contributed by atoms with van der Waals surface area (Å²) in [6, 6.07) is 14.5. The molecule has 0 aliphatic carbocycles. The van der Waals surface area contributed by atoms with Crippen molar-refractivity contribution >= 4 is 17.7 Å². The molecule has 0 aliphatic heterocycles. The fraction of sp³-hybridized carbons (Fsp3) is 0.0833. The number of methoxy groups -OCH3 is 1. The summed E-state index contributed by atoms with van der Waals surface area (Å²) in [5.41, 5.74) is 0.578. The lowest BCUT2D eigenvalue weighted by Crippen LogP contribution is -2.13. The summed E-state index contributed by atoms with van der Waals surface area (Å²) in [4.78, 5) is 11.7. The summed E-state index contributed by atoms with van der Waals surface area (Å²) in [5, 5.41) is 4.27. The quantitative estimate of drug-likeness (QED) is 0.134. The van der Waals surface area contributed by atoms with Crippen LogP contribution in [0.4, 0.5) is 22.0 Å². The Labute approximate surface area is 200 Å². The average molecular weight is 506 g/mol. The third kappa shape index (κ3) is 4.46. The second-order valence-corrected chi connectivity index (χ2v) is 8.08. The number of nitrogens with zero attached hydrogens (tertiary/aromatic N) is 2. The smallest absolute Gasteiger partial charge is 0.348 e. The lowest BCUT2D eigenvalue weighted by molar-refractivity contribution is 0.0715. The molecule has 0 bridgehead atoms. The van der Waals surface area contributed by atoms with Crippen LogP contribution in [0.2, 0.25) is 0 Å². The van der Waals surface area contributed by atoms with E-state index >= 15 is 0 Å². The molecule has 0 amide bonds. The number of hydrogen-bond donors (Lipinski definition) is 0. The minimum Gasteiger partial charge on any atom is -0.496 e. The maximum absolute atomic E-state index is 14.4. The Hall–Kier alpha value is -3.86. The van der Waals surface area contributed by atoms with Crippen LogP contribution < -0.4 is 9.47 Å². The molecule has 0 N–H and O–H groups in total. The van der Waals surface area contributed by atoms with Gasteiger partial charge in [-0.3, -0.25) is 0 Å². The molecule has 4 aromatic rings. The Morgan fingerprint density at radius 1 is 0.829 bits per heavy atom. The van der Waals surface area contributed by atoms with E-state index in [-0.39, 0.29) is 39.5 Å². The standard InChI is InChI=1S/C24H15F5N2O3S/c1-12-21(35-22-19(28)17(26)16(25)18(27)20(22)29)23(31(30-12)13-8-4-3-5-9-13)34-24(32)14-10-6-7-11-15(14)33-2/h3-11H,1-2H3. The molecule has 5 nitrogen and oxygen atoms in total. The number of hydrogen-bond acceptors (Lipinski definition) is 5. The predicted octanol–water partition coefficient (Wildman–Crippen LogP) is 6.26. The molecule has 0 atom stereocenters. The van der Waals surface area contributed by atoms with Crippen molar-refractivity contribution in [2.24, 2.45) is 0 Å². The second kappa shape index (κ2) is 9.79. The van der Waals surface area contributed by atoms with E-state index in [2.05, 4.69) is 5.10 Å². The lowest BCUT2D eigenvalue weighted by Gasteiger charge is -2.12. The van der Waals surface area contributed by atoms with Crippen LogP contribution in [-0.4, -0.2) is 22.9 Å². The summed E-state index contributed by atoms with van der Waals surface area (Å²) in [6.07, 6.45) is 0. The number of aromatic nitrogens is 2. The number of esters is 1. The van der Waals surface area contributed by atoms with Crippen molar-refractivity contribution in [1.82, 2.24) is 9.78 Å². The first-order valence-corrected chi connectivity index (χ1v) is 10.8. The highest BCUT2D eigenvalue weighted by Crippen LogP contribution is 2.42. The molecule has 180 valence electrons. The first-order chi connectivity index (χ1) is 16.7. The van der Waals surface area contributed by atoms with Gasteiger partial charge >= 0.3 is 5.97 Å². The molecule has 0 unspecified atom stereocenters. The molecule has 0 saturated carbocycles. The summed E-state index contributed by atoms with van der Waals surface area (Å²) in [5.74, 6) is -11.4. The van der Waals surface area contributed by atoms with E-state index in [0.29, 0.717) is 5.69 Å². The van der Waals surface area contributed by atoms with Gasteiger partial charge in [0.05, 0.1) is 28.3 Å².